The molecule has 0 bridgehead atoms. The zero-order valence-corrected chi connectivity index (χ0v) is 19.3. The second-order valence-corrected chi connectivity index (χ2v) is 8.13. The van der Waals surface area contributed by atoms with Crippen molar-refractivity contribution in [2.24, 2.45) is 4.99 Å². The molecule has 1 atom stereocenters. The van der Waals surface area contributed by atoms with Crippen LogP contribution < -0.4 is 11.1 Å². The minimum absolute atomic E-state index is 0.253. The van der Waals surface area contributed by atoms with Crippen LogP contribution in [0.25, 0.3) is 11.1 Å². The number of nitrogen functional groups attached to an aromatic ring is 1. The van der Waals surface area contributed by atoms with E-state index in [4.69, 9.17) is 5.73 Å². The Bertz CT molecular complexity index is 901. The van der Waals surface area contributed by atoms with Crippen molar-refractivity contribution in [2.45, 2.75) is 44.6 Å². The lowest BCUT2D eigenvalue weighted by molar-refractivity contribution is 0.343. The quantitative estimate of drug-likeness (QED) is 0.685. The number of nitrogens with one attached hydrogen (secondary N) is 1. The van der Waals surface area contributed by atoms with Gasteiger partial charge in [-0.3, -0.25) is 14.0 Å². The van der Waals surface area contributed by atoms with Gasteiger partial charge in [-0.1, -0.05) is 19.9 Å². The molecule has 0 radical (unpaired) electrons. The maximum Gasteiger partial charge on any atom is 0.156 e. The number of allylic oxidation sites excluding steroid dienone is 2. The number of nitrogens with two attached hydrogens (primary N) is 1. The van der Waals surface area contributed by atoms with E-state index >= 15 is 0 Å². The van der Waals surface area contributed by atoms with Crippen LogP contribution in [-0.2, 0) is 11.0 Å². The van der Waals surface area contributed by atoms with Crippen molar-refractivity contribution in [3.8, 4) is 11.1 Å². The van der Waals surface area contributed by atoms with Gasteiger partial charge >= 0.3 is 0 Å². The lowest BCUT2D eigenvalue weighted by Gasteiger charge is -2.22. The van der Waals surface area contributed by atoms with Gasteiger partial charge in [-0.05, 0) is 38.9 Å². The minimum atomic E-state index is -1.50. The van der Waals surface area contributed by atoms with E-state index in [9.17, 15) is 4.21 Å². The highest BCUT2D eigenvalue weighted by atomic mass is 32.2. The molecule has 164 valence electrons. The highest BCUT2D eigenvalue weighted by molar-refractivity contribution is 7.83. The fourth-order valence-corrected chi connectivity index (χ4v) is 4.32. The Balaban J connectivity index is 0.00000155. The molecule has 0 spiro atoms. The van der Waals surface area contributed by atoms with Gasteiger partial charge in [-0.15, -0.1) is 0 Å². The van der Waals surface area contributed by atoms with Gasteiger partial charge in [0.1, 0.15) is 10.7 Å². The molecule has 9 heteroatoms. The fraction of sp³-hybridized carbons (Fsp3) is 0.476. The van der Waals surface area contributed by atoms with Crippen LogP contribution >= 0.6 is 0 Å². The molecule has 3 N–H and O–H groups in total. The fourth-order valence-electron chi connectivity index (χ4n) is 3.22. The van der Waals surface area contributed by atoms with Crippen molar-refractivity contribution in [1.29, 1.82) is 0 Å². The third-order valence-electron chi connectivity index (χ3n) is 4.86. The van der Waals surface area contributed by atoms with Crippen molar-refractivity contribution in [2.75, 3.05) is 32.9 Å². The molecular weight excluding hydrogens is 398 g/mol. The van der Waals surface area contributed by atoms with E-state index in [-0.39, 0.29) is 5.82 Å². The van der Waals surface area contributed by atoms with Crippen LogP contribution in [0.5, 0.6) is 0 Å². The van der Waals surface area contributed by atoms with Gasteiger partial charge < -0.3 is 11.1 Å². The molecule has 1 unspecified atom stereocenters. The van der Waals surface area contributed by atoms with Crippen LogP contribution in [0.4, 0.5) is 5.82 Å². The molecule has 0 aromatic carbocycles. The molecule has 2 aromatic rings. The molecule has 8 nitrogen and oxygen atoms in total. The van der Waals surface area contributed by atoms with E-state index in [0.717, 1.165) is 42.8 Å². The van der Waals surface area contributed by atoms with Crippen molar-refractivity contribution in [3.05, 3.63) is 36.4 Å². The van der Waals surface area contributed by atoms with Gasteiger partial charge in [0.25, 0.3) is 0 Å². The van der Waals surface area contributed by atoms with Crippen LogP contribution in [-0.4, -0.2) is 56.7 Å². The van der Waals surface area contributed by atoms with Crippen LogP contribution in [0.2, 0.25) is 0 Å². The summed E-state index contributed by atoms with van der Waals surface area (Å²) < 4.78 is 16.7. The zero-order valence-electron chi connectivity index (χ0n) is 18.5. The zero-order chi connectivity index (χ0) is 22.1. The predicted octanol–water partition coefficient (Wildman–Crippen LogP) is 3.04. The molecule has 1 aliphatic rings. The summed E-state index contributed by atoms with van der Waals surface area (Å²) >= 11 is 0. The van der Waals surface area contributed by atoms with Crippen LogP contribution in [0, 0.1) is 0 Å². The van der Waals surface area contributed by atoms with E-state index < -0.39 is 11.0 Å². The van der Waals surface area contributed by atoms with E-state index in [1.807, 2.05) is 50.0 Å². The largest absolute Gasteiger partial charge is 0.383 e. The highest BCUT2D eigenvalue weighted by Gasteiger charge is 2.19. The monoisotopic (exact) mass is 431 g/mol. The maximum atomic E-state index is 13.1. The van der Waals surface area contributed by atoms with Gasteiger partial charge in [0.15, 0.2) is 11.0 Å². The van der Waals surface area contributed by atoms with Crippen molar-refractivity contribution < 1.29 is 4.21 Å². The van der Waals surface area contributed by atoms with Crippen LogP contribution in [0.3, 0.4) is 0 Å². The Morgan fingerprint density at radius 1 is 1.33 bits per heavy atom. The van der Waals surface area contributed by atoms with E-state index in [1.54, 1.807) is 30.8 Å². The predicted molar refractivity (Wildman–Crippen MR) is 125 cm³/mol. The second-order valence-electron chi connectivity index (χ2n) is 6.65. The summed E-state index contributed by atoms with van der Waals surface area (Å²) in [5, 5.41) is 7.90. The molecule has 0 saturated carbocycles. The molecule has 2 aromatic heterocycles. The van der Waals surface area contributed by atoms with Gasteiger partial charge in [0.05, 0.1) is 17.9 Å². The van der Waals surface area contributed by atoms with Gasteiger partial charge in [-0.25, -0.2) is 9.19 Å². The Morgan fingerprint density at radius 2 is 2.03 bits per heavy atom. The van der Waals surface area contributed by atoms with Crippen LogP contribution in [0.15, 0.2) is 46.3 Å². The molecule has 1 fully saturated rings. The summed E-state index contributed by atoms with van der Waals surface area (Å²) in [6.45, 7) is 7.89. The Morgan fingerprint density at radius 3 is 2.67 bits per heavy atom. The molecule has 1 saturated heterocycles. The molecule has 0 amide bonds. The first-order valence-electron chi connectivity index (χ1n) is 10.3. The Kier molecular flexibility index (Phi) is 9.19. The van der Waals surface area contributed by atoms with E-state index in [0.29, 0.717) is 10.9 Å². The third kappa shape index (κ3) is 5.54. The van der Waals surface area contributed by atoms with Gasteiger partial charge in [0.2, 0.25) is 0 Å². The summed E-state index contributed by atoms with van der Waals surface area (Å²) in [5.41, 5.74) is 8.56. The molecule has 3 rings (SSSR count). The lowest BCUT2D eigenvalue weighted by atomic mass is 10.1. The number of hydrogen-bond donors (Lipinski definition) is 2. The standard InChI is InChI=1S/C19H27N7OS.C2H6/c1-4-16(12-21-2)25(3)28(27)18-9-14(10-23-19(18)20)15-11-24-26(13-15)17-5-7-22-8-6-17;1-2/h4,9-13,17,22H,5-8H2,1-3H3,(H2,20,23);1-2H3/b16-4+,21-12?;. The first-order chi connectivity index (χ1) is 14.5. The molecule has 3 heterocycles. The summed E-state index contributed by atoms with van der Waals surface area (Å²) in [4.78, 5) is 8.75. The SMILES string of the molecule is C/C=C(\C=NC)N(C)S(=O)c1cc(-c2cnn(C3CCNCC3)c2)cnc1N.CC. The number of hydrogen-bond acceptors (Lipinski definition) is 6. The minimum Gasteiger partial charge on any atom is -0.383 e. The second kappa shape index (κ2) is 11.6. The van der Waals surface area contributed by atoms with Crippen molar-refractivity contribution in [3.63, 3.8) is 0 Å². The van der Waals surface area contributed by atoms with E-state index in [1.165, 1.54) is 0 Å². The topological polar surface area (TPSA) is 101 Å². The number of pyridine rings is 1. The maximum absolute atomic E-state index is 13.1. The number of piperidine rings is 1. The first-order valence-corrected chi connectivity index (χ1v) is 11.4. The molecule has 30 heavy (non-hydrogen) atoms. The van der Waals surface area contributed by atoms with E-state index in [2.05, 4.69) is 20.4 Å². The summed E-state index contributed by atoms with van der Waals surface area (Å²) in [6.07, 6.45) is 11.2. The number of aromatic nitrogens is 3. The number of nitrogens with zero attached hydrogens (tertiary/aromatic N) is 5. The van der Waals surface area contributed by atoms with Crippen molar-refractivity contribution >= 4 is 23.0 Å². The average molecular weight is 432 g/mol. The van der Waals surface area contributed by atoms with Gasteiger partial charge in [-0.2, -0.15) is 5.10 Å². The van der Waals surface area contributed by atoms with Crippen LogP contribution in [0.1, 0.15) is 39.7 Å². The average Bonchev–Trinajstić information content (AvgIpc) is 3.29. The molecule has 0 aliphatic carbocycles. The molecular formula is C21H33N7OS. The normalized spacial score (nSPS) is 16.2. The highest BCUT2D eigenvalue weighted by Crippen LogP contribution is 2.27. The third-order valence-corrected chi connectivity index (χ3v) is 6.27. The van der Waals surface area contributed by atoms with Gasteiger partial charge in [0, 0.05) is 43.8 Å². The Labute approximate surface area is 181 Å². The summed E-state index contributed by atoms with van der Waals surface area (Å²) in [7, 11) is 1.92. The molecule has 1 aliphatic heterocycles. The smallest absolute Gasteiger partial charge is 0.156 e. The summed E-state index contributed by atoms with van der Waals surface area (Å²) in [6, 6.07) is 2.23. The Hall–Kier alpha value is -2.52. The first kappa shape index (κ1) is 23.8. The lowest BCUT2D eigenvalue weighted by Crippen LogP contribution is -2.29. The number of aliphatic imine (C=N–C) groups is 1. The summed E-state index contributed by atoms with van der Waals surface area (Å²) in [5.74, 6) is 0.253. The number of anilines is 1. The van der Waals surface area contributed by atoms with Crippen molar-refractivity contribution in [1.82, 2.24) is 24.4 Å². The number of rotatable bonds is 6.